The second-order valence-electron chi connectivity index (χ2n) is 4.95. The number of benzene rings is 1. The Kier molecular flexibility index (Phi) is 4.80. The number of hydrogen-bond acceptors (Lipinski definition) is 3. The van der Waals surface area contributed by atoms with Crippen molar-refractivity contribution < 1.29 is 9.90 Å². The molecule has 1 fully saturated rings. The van der Waals surface area contributed by atoms with Gasteiger partial charge in [0.25, 0.3) is 5.91 Å². The molecule has 0 aromatic heterocycles. The van der Waals surface area contributed by atoms with Crippen molar-refractivity contribution in [3.8, 4) is 0 Å². The summed E-state index contributed by atoms with van der Waals surface area (Å²) in [6.45, 7) is 3.75. The topological polar surface area (TPSA) is 52.6 Å². The molecule has 0 radical (unpaired) electrons. The number of carbonyl (C=O) groups is 1. The Balaban J connectivity index is 2.18. The van der Waals surface area contributed by atoms with Crippen LogP contribution in [-0.4, -0.2) is 41.7 Å². The molecule has 1 unspecified atom stereocenters. The molecule has 104 valence electrons. The van der Waals surface area contributed by atoms with E-state index in [-0.39, 0.29) is 18.6 Å². The number of nitrogens with one attached hydrogen (secondary N) is 1. The number of anilines is 1. The van der Waals surface area contributed by atoms with E-state index in [0.717, 1.165) is 38.0 Å². The van der Waals surface area contributed by atoms with E-state index in [1.165, 1.54) is 0 Å². The Morgan fingerprint density at radius 2 is 2.26 bits per heavy atom. The van der Waals surface area contributed by atoms with Gasteiger partial charge in [0, 0.05) is 18.8 Å². The van der Waals surface area contributed by atoms with Crippen molar-refractivity contribution in [2.75, 3.05) is 25.0 Å². The van der Waals surface area contributed by atoms with Gasteiger partial charge in [-0.1, -0.05) is 19.1 Å². The van der Waals surface area contributed by atoms with E-state index < -0.39 is 0 Å². The summed E-state index contributed by atoms with van der Waals surface area (Å²) >= 11 is 0. The van der Waals surface area contributed by atoms with Gasteiger partial charge in [-0.2, -0.15) is 0 Å². The zero-order valence-electron chi connectivity index (χ0n) is 11.4. The average Bonchev–Trinajstić information content (AvgIpc) is 2.93. The number of aliphatic hydroxyl groups is 1. The second kappa shape index (κ2) is 6.57. The summed E-state index contributed by atoms with van der Waals surface area (Å²) in [5, 5.41) is 12.6. The first-order valence-corrected chi connectivity index (χ1v) is 7.02. The van der Waals surface area contributed by atoms with Crippen LogP contribution in [0.1, 0.15) is 36.5 Å². The Morgan fingerprint density at radius 3 is 3.00 bits per heavy atom. The van der Waals surface area contributed by atoms with E-state index in [2.05, 4.69) is 12.2 Å². The van der Waals surface area contributed by atoms with Crippen molar-refractivity contribution in [2.45, 2.75) is 32.2 Å². The third kappa shape index (κ3) is 3.07. The number of likely N-dealkylation sites (tertiary alicyclic amines) is 1. The molecule has 19 heavy (non-hydrogen) atoms. The van der Waals surface area contributed by atoms with Crippen LogP contribution in [0.2, 0.25) is 0 Å². The summed E-state index contributed by atoms with van der Waals surface area (Å²) in [6, 6.07) is 7.59. The average molecular weight is 262 g/mol. The lowest BCUT2D eigenvalue weighted by atomic mass is 10.1. The standard InChI is InChI=1S/C15H22N2O2/c1-2-9-16-14-8-4-3-7-13(14)15(19)17-10-5-6-12(17)11-18/h3-4,7-8,12,16,18H,2,5-6,9-11H2,1H3. The van der Waals surface area contributed by atoms with E-state index in [9.17, 15) is 9.90 Å². The van der Waals surface area contributed by atoms with Gasteiger partial charge in [0.15, 0.2) is 0 Å². The fraction of sp³-hybridized carbons (Fsp3) is 0.533. The van der Waals surface area contributed by atoms with Crippen LogP contribution in [0.25, 0.3) is 0 Å². The second-order valence-corrected chi connectivity index (χ2v) is 4.95. The van der Waals surface area contributed by atoms with Crippen LogP contribution in [-0.2, 0) is 0 Å². The predicted molar refractivity (Wildman–Crippen MR) is 76.4 cm³/mol. The van der Waals surface area contributed by atoms with E-state index in [1.807, 2.05) is 24.3 Å². The van der Waals surface area contributed by atoms with E-state index in [4.69, 9.17) is 0 Å². The molecule has 1 amide bonds. The molecule has 0 aliphatic carbocycles. The van der Waals surface area contributed by atoms with Crippen molar-refractivity contribution >= 4 is 11.6 Å². The molecule has 4 heteroatoms. The lowest BCUT2D eigenvalue weighted by Gasteiger charge is -2.24. The number of nitrogens with zero attached hydrogens (tertiary/aromatic N) is 1. The fourth-order valence-corrected chi connectivity index (χ4v) is 2.53. The van der Waals surface area contributed by atoms with Gasteiger partial charge < -0.3 is 15.3 Å². The summed E-state index contributed by atoms with van der Waals surface area (Å²) in [5.41, 5.74) is 1.59. The van der Waals surface area contributed by atoms with Crippen molar-refractivity contribution in [2.24, 2.45) is 0 Å². The number of hydrogen-bond donors (Lipinski definition) is 2. The zero-order chi connectivity index (χ0) is 13.7. The number of carbonyl (C=O) groups excluding carboxylic acids is 1. The minimum Gasteiger partial charge on any atom is -0.394 e. The molecular formula is C15H22N2O2. The van der Waals surface area contributed by atoms with Gasteiger partial charge in [0.2, 0.25) is 0 Å². The SMILES string of the molecule is CCCNc1ccccc1C(=O)N1CCCC1CO. The van der Waals surface area contributed by atoms with Crippen molar-refractivity contribution in [1.29, 1.82) is 0 Å². The Morgan fingerprint density at radius 1 is 1.47 bits per heavy atom. The maximum Gasteiger partial charge on any atom is 0.256 e. The maximum atomic E-state index is 12.6. The van der Waals surface area contributed by atoms with Gasteiger partial charge >= 0.3 is 0 Å². The van der Waals surface area contributed by atoms with Gasteiger partial charge in [0.1, 0.15) is 0 Å². The van der Waals surface area contributed by atoms with E-state index in [0.29, 0.717) is 5.56 Å². The summed E-state index contributed by atoms with van der Waals surface area (Å²) in [5.74, 6) is 0.0238. The molecule has 1 heterocycles. The lowest BCUT2D eigenvalue weighted by molar-refractivity contribution is 0.0678. The highest BCUT2D eigenvalue weighted by atomic mass is 16.3. The fourth-order valence-electron chi connectivity index (χ4n) is 2.53. The maximum absolute atomic E-state index is 12.6. The number of aliphatic hydroxyl groups excluding tert-OH is 1. The molecule has 0 bridgehead atoms. The molecule has 1 atom stereocenters. The van der Waals surface area contributed by atoms with E-state index >= 15 is 0 Å². The number of amides is 1. The molecular weight excluding hydrogens is 240 g/mol. The molecule has 1 aliphatic heterocycles. The quantitative estimate of drug-likeness (QED) is 0.854. The third-order valence-corrected chi connectivity index (χ3v) is 3.57. The van der Waals surface area contributed by atoms with E-state index in [1.54, 1.807) is 4.90 Å². The lowest BCUT2D eigenvalue weighted by Crippen LogP contribution is -2.37. The molecule has 2 rings (SSSR count). The van der Waals surface area contributed by atoms with Gasteiger partial charge in [-0.15, -0.1) is 0 Å². The number of rotatable bonds is 5. The first kappa shape index (κ1) is 13.9. The van der Waals surface area contributed by atoms with Crippen LogP contribution < -0.4 is 5.32 Å². The first-order chi connectivity index (χ1) is 9.27. The van der Waals surface area contributed by atoms with Gasteiger partial charge in [-0.3, -0.25) is 4.79 Å². The third-order valence-electron chi connectivity index (χ3n) is 3.57. The summed E-state index contributed by atoms with van der Waals surface area (Å²) in [7, 11) is 0. The zero-order valence-corrected chi connectivity index (χ0v) is 11.4. The van der Waals surface area contributed by atoms with Crippen LogP contribution in [0.4, 0.5) is 5.69 Å². The largest absolute Gasteiger partial charge is 0.394 e. The highest BCUT2D eigenvalue weighted by Crippen LogP contribution is 2.23. The molecule has 1 saturated heterocycles. The normalized spacial score (nSPS) is 18.6. The van der Waals surface area contributed by atoms with Gasteiger partial charge in [-0.05, 0) is 31.4 Å². The predicted octanol–water partition coefficient (Wildman–Crippen LogP) is 2.11. The minimum atomic E-state index is -0.0215. The van der Waals surface area contributed by atoms with Crippen molar-refractivity contribution in [3.63, 3.8) is 0 Å². The van der Waals surface area contributed by atoms with Crippen LogP contribution in [0.15, 0.2) is 24.3 Å². The Hall–Kier alpha value is -1.55. The summed E-state index contributed by atoms with van der Waals surface area (Å²) in [6.07, 6.45) is 2.89. The molecule has 0 spiro atoms. The molecule has 1 aliphatic rings. The minimum absolute atomic E-state index is 0.0215. The van der Waals surface area contributed by atoms with Crippen molar-refractivity contribution in [3.05, 3.63) is 29.8 Å². The molecule has 1 aromatic rings. The molecule has 1 aromatic carbocycles. The summed E-state index contributed by atoms with van der Waals surface area (Å²) in [4.78, 5) is 14.4. The summed E-state index contributed by atoms with van der Waals surface area (Å²) < 4.78 is 0. The first-order valence-electron chi connectivity index (χ1n) is 7.02. The van der Waals surface area contributed by atoms with Crippen molar-refractivity contribution in [1.82, 2.24) is 4.90 Å². The van der Waals surface area contributed by atoms with Crippen LogP contribution in [0.3, 0.4) is 0 Å². The monoisotopic (exact) mass is 262 g/mol. The molecule has 4 nitrogen and oxygen atoms in total. The Labute approximate surface area is 114 Å². The highest BCUT2D eigenvalue weighted by molar-refractivity contribution is 5.99. The smallest absolute Gasteiger partial charge is 0.256 e. The molecule has 2 N–H and O–H groups in total. The highest BCUT2D eigenvalue weighted by Gasteiger charge is 2.29. The Bertz CT molecular complexity index is 434. The van der Waals surface area contributed by atoms with Crippen LogP contribution >= 0.6 is 0 Å². The number of para-hydroxylation sites is 1. The van der Waals surface area contributed by atoms with Crippen LogP contribution in [0, 0.1) is 0 Å². The van der Waals surface area contributed by atoms with Gasteiger partial charge in [-0.25, -0.2) is 0 Å². The van der Waals surface area contributed by atoms with Crippen LogP contribution in [0.5, 0.6) is 0 Å². The molecule has 0 saturated carbocycles. The van der Waals surface area contributed by atoms with Gasteiger partial charge in [0.05, 0.1) is 18.2 Å².